The molecule has 1 aromatic carbocycles. The van der Waals surface area contributed by atoms with Crippen LogP contribution in [0.4, 0.5) is 5.00 Å². The average molecular weight is 466 g/mol. The van der Waals surface area contributed by atoms with Gasteiger partial charge in [-0.3, -0.25) is 4.79 Å². The maximum atomic E-state index is 12.5. The number of anilines is 1. The number of carbonyl (C=O) groups is 2. The van der Waals surface area contributed by atoms with Gasteiger partial charge in [0.2, 0.25) is 5.91 Å². The second-order valence-electron chi connectivity index (χ2n) is 8.50. The van der Waals surface area contributed by atoms with Crippen LogP contribution < -0.4 is 5.32 Å². The Bertz CT molecular complexity index is 1000. The molecule has 0 fully saturated rings. The van der Waals surface area contributed by atoms with Crippen molar-refractivity contribution in [2.75, 3.05) is 12.4 Å². The van der Waals surface area contributed by atoms with Crippen LogP contribution in [-0.4, -0.2) is 19.0 Å². The summed E-state index contributed by atoms with van der Waals surface area (Å²) in [6.45, 7) is 6.73. The van der Waals surface area contributed by atoms with Crippen LogP contribution in [0, 0.1) is 11.3 Å². The molecular weight excluding hydrogens is 441 g/mol. The fourth-order valence-electron chi connectivity index (χ4n) is 3.67. The second kappa shape index (κ2) is 9.13. The molecule has 1 amide bonds. The van der Waals surface area contributed by atoms with Crippen LogP contribution in [0.1, 0.15) is 53.6 Å². The molecule has 1 N–H and O–H groups in total. The molecule has 30 heavy (non-hydrogen) atoms. The summed E-state index contributed by atoms with van der Waals surface area (Å²) >= 11 is 13.4. The van der Waals surface area contributed by atoms with Crippen molar-refractivity contribution in [2.45, 2.75) is 40.0 Å². The fraction of sp³-hybridized carbons (Fsp3) is 0.391. The second-order valence-corrected chi connectivity index (χ2v) is 10.4. The SMILES string of the molecule is COC(=O)c1c(NC(=O)/C=C/c2ccc(Cl)c(Cl)c2)sc2c1CCC(C(C)(C)C)C2. The first-order valence-corrected chi connectivity index (χ1v) is 11.3. The summed E-state index contributed by atoms with van der Waals surface area (Å²) in [5.41, 5.74) is 2.45. The third-order valence-corrected chi connectivity index (χ3v) is 7.40. The maximum absolute atomic E-state index is 12.5. The number of hydrogen-bond acceptors (Lipinski definition) is 4. The van der Waals surface area contributed by atoms with E-state index in [1.165, 1.54) is 24.5 Å². The highest BCUT2D eigenvalue weighted by Gasteiger charge is 2.34. The van der Waals surface area contributed by atoms with Gasteiger partial charge in [0.05, 0.1) is 22.7 Å². The van der Waals surface area contributed by atoms with Crippen LogP contribution >= 0.6 is 34.5 Å². The lowest BCUT2D eigenvalue weighted by atomic mass is 9.72. The van der Waals surface area contributed by atoms with Crippen LogP contribution in [0.25, 0.3) is 6.08 Å². The van der Waals surface area contributed by atoms with Crippen molar-refractivity contribution < 1.29 is 14.3 Å². The molecule has 0 saturated carbocycles. The Morgan fingerprint density at radius 1 is 1.23 bits per heavy atom. The molecule has 0 radical (unpaired) electrons. The van der Waals surface area contributed by atoms with E-state index in [-0.39, 0.29) is 11.3 Å². The molecule has 1 heterocycles. The van der Waals surface area contributed by atoms with E-state index in [1.54, 1.807) is 24.3 Å². The summed E-state index contributed by atoms with van der Waals surface area (Å²) in [4.78, 5) is 26.2. The Morgan fingerprint density at radius 3 is 2.60 bits per heavy atom. The molecule has 2 aromatic rings. The van der Waals surface area contributed by atoms with Crippen molar-refractivity contribution >= 4 is 57.5 Å². The minimum absolute atomic E-state index is 0.194. The average Bonchev–Trinajstić information content (AvgIpc) is 3.04. The highest BCUT2D eigenvalue weighted by molar-refractivity contribution is 7.17. The van der Waals surface area contributed by atoms with E-state index in [0.717, 1.165) is 35.3 Å². The Balaban J connectivity index is 1.83. The molecule has 4 nitrogen and oxygen atoms in total. The van der Waals surface area contributed by atoms with E-state index in [0.29, 0.717) is 26.5 Å². The standard InChI is InChI=1S/C23H25Cl2NO3S/c1-23(2,3)14-7-8-15-18(12-14)30-21(20(15)22(28)29-4)26-19(27)10-6-13-5-9-16(24)17(25)11-13/h5-6,9-11,14H,7-8,12H2,1-4H3,(H,26,27)/b10-6+. The molecular formula is C23H25Cl2NO3S. The molecule has 1 aromatic heterocycles. The van der Waals surface area contributed by atoms with Gasteiger partial charge in [-0.05, 0) is 59.9 Å². The molecule has 3 rings (SSSR count). The van der Waals surface area contributed by atoms with Gasteiger partial charge in [0.1, 0.15) is 5.00 Å². The van der Waals surface area contributed by atoms with Gasteiger partial charge in [0.25, 0.3) is 0 Å². The normalized spacial score (nSPS) is 16.4. The van der Waals surface area contributed by atoms with Gasteiger partial charge in [-0.25, -0.2) is 4.79 Å². The number of hydrogen-bond donors (Lipinski definition) is 1. The zero-order valence-corrected chi connectivity index (χ0v) is 19.8. The van der Waals surface area contributed by atoms with E-state index in [4.69, 9.17) is 27.9 Å². The first kappa shape index (κ1) is 22.9. The zero-order valence-electron chi connectivity index (χ0n) is 17.5. The molecule has 0 spiro atoms. The maximum Gasteiger partial charge on any atom is 0.341 e. The molecule has 0 aliphatic heterocycles. The van der Waals surface area contributed by atoms with E-state index in [9.17, 15) is 9.59 Å². The van der Waals surface area contributed by atoms with Crippen molar-refractivity contribution in [1.29, 1.82) is 0 Å². The number of halogens is 2. The van der Waals surface area contributed by atoms with Crippen molar-refractivity contribution in [2.24, 2.45) is 11.3 Å². The smallest absolute Gasteiger partial charge is 0.341 e. The number of methoxy groups -OCH3 is 1. The van der Waals surface area contributed by atoms with Gasteiger partial charge in [-0.1, -0.05) is 50.0 Å². The Kier molecular flexibility index (Phi) is 6.95. The van der Waals surface area contributed by atoms with Crippen LogP contribution in [0.2, 0.25) is 10.0 Å². The summed E-state index contributed by atoms with van der Waals surface area (Å²) in [6, 6.07) is 5.13. The van der Waals surface area contributed by atoms with Crippen LogP contribution in [0.15, 0.2) is 24.3 Å². The lowest BCUT2D eigenvalue weighted by molar-refractivity contribution is -0.111. The largest absolute Gasteiger partial charge is 0.465 e. The van der Waals surface area contributed by atoms with Crippen molar-refractivity contribution in [3.8, 4) is 0 Å². The van der Waals surface area contributed by atoms with E-state index in [1.807, 2.05) is 0 Å². The molecule has 1 atom stereocenters. The Labute approximate surface area is 191 Å². The van der Waals surface area contributed by atoms with E-state index in [2.05, 4.69) is 26.1 Å². The number of fused-ring (bicyclic) bond motifs is 1. The zero-order chi connectivity index (χ0) is 22.1. The third kappa shape index (κ3) is 5.08. The van der Waals surface area contributed by atoms with Crippen molar-refractivity contribution in [3.63, 3.8) is 0 Å². The molecule has 1 unspecified atom stereocenters. The summed E-state index contributed by atoms with van der Waals surface area (Å²) in [6.07, 6.45) is 5.80. The molecule has 1 aliphatic carbocycles. The number of carbonyl (C=O) groups excluding carboxylic acids is 2. The van der Waals surface area contributed by atoms with Crippen LogP contribution in [-0.2, 0) is 22.4 Å². The molecule has 0 bridgehead atoms. The lowest BCUT2D eigenvalue weighted by Crippen LogP contribution is -2.26. The van der Waals surface area contributed by atoms with Gasteiger partial charge < -0.3 is 10.1 Å². The van der Waals surface area contributed by atoms with Gasteiger partial charge in [-0.15, -0.1) is 11.3 Å². The number of amides is 1. The Morgan fingerprint density at radius 2 is 1.97 bits per heavy atom. The molecule has 160 valence electrons. The number of thiophene rings is 1. The highest BCUT2D eigenvalue weighted by Crippen LogP contribution is 2.44. The first-order chi connectivity index (χ1) is 14.1. The topological polar surface area (TPSA) is 55.4 Å². The van der Waals surface area contributed by atoms with Gasteiger partial charge in [0.15, 0.2) is 0 Å². The third-order valence-electron chi connectivity index (χ3n) is 5.49. The highest BCUT2D eigenvalue weighted by atomic mass is 35.5. The number of rotatable bonds is 4. The van der Waals surface area contributed by atoms with E-state index >= 15 is 0 Å². The van der Waals surface area contributed by atoms with E-state index < -0.39 is 5.97 Å². The quantitative estimate of drug-likeness (QED) is 0.406. The predicted molar refractivity (Wildman–Crippen MR) is 125 cm³/mol. The minimum Gasteiger partial charge on any atom is -0.465 e. The monoisotopic (exact) mass is 465 g/mol. The Hall–Kier alpha value is -1.82. The summed E-state index contributed by atoms with van der Waals surface area (Å²) in [7, 11) is 1.36. The number of nitrogens with one attached hydrogen (secondary N) is 1. The molecule has 1 aliphatic rings. The first-order valence-electron chi connectivity index (χ1n) is 9.77. The van der Waals surface area contributed by atoms with Crippen molar-refractivity contribution in [1.82, 2.24) is 0 Å². The molecule has 0 saturated heterocycles. The summed E-state index contributed by atoms with van der Waals surface area (Å²) in [5, 5.41) is 4.29. The summed E-state index contributed by atoms with van der Waals surface area (Å²) in [5.74, 6) is -0.199. The molecule has 7 heteroatoms. The number of benzene rings is 1. The minimum atomic E-state index is -0.412. The fourth-order valence-corrected chi connectivity index (χ4v) is 5.30. The summed E-state index contributed by atoms with van der Waals surface area (Å²) < 4.78 is 5.00. The van der Waals surface area contributed by atoms with Gasteiger partial charge >= 0.3 is 5.97 Å². The van der Waals surface area contributed by atoms with Gasteiger partial charge in [-0.2, -0.15) is 0 Å². The van der Waals surface area contributed by atoms with Crippen LogP contribution in [0.5, 0.6) is 0 Å². The van der Waals surface area contributed by atoms with Gasteiger partial charge in [0, 0.05) is 11.0 Å². The number of ether oxygens (including phenoxy) is 1. The number of esters is 1. The van der Waals surface area contributed by atoms with Crippen LogP contribution in [0.3, 0.4) is 0 Å². The lowest BCUT2D eigenvalue weighted by Gasteiger charge is -2.33. The predicted octanol–water partition coefficient (Wildman–Crippen LogP) is 6.64. The van der Waals surface area contributed by atoms with Crippen molar-refractivity contribution in [3.05, 3.63) is 55.9 Å².